The summed E-state index contributed by atoms with van der Waals surface area (Å²) < 4.78 is 23.1. The van der Waals surface area contributed by atoms with Crippen molar-refractivity contribution in [2.24, 2.45) is 0 Å². The smallest absolute Gasteiger partial charge is 0.192 e. The van der Waals surface area contributed by atoms with Crippen molar-refractivity contribution < 1.29 is 18.9 Å². The number of likely N-dealkylation sites (tertiary alicyclic amines) is 1. The predicted molar refractivity (Wildman–Crippen MR) is 109 cm³/mol. The highest BCUT2D eigenvalue weighted by Gasteiger charge is 2.45. The molecule has 5 nitrogen and oxygen atoms in total. The van der Waals surface area contributed by atoms with Gasteiger partial charge in [0.2, 0.25) is 0 Å². The monoisotopic (exact) mass is 403 g/mol. The van der Waals surface area contributed by atoms with Gasteiger partial charge in [-0.1, -0.05) is 30.3 Å². The lowest BCUT2D eigenvalue weighted by atomic mass is 9.82. The second-order valence-corrected chi connectivity index (χ2v) is 8.70. The molecule has 4 rings (SSSR count). The summed E-state index contributed by atoms with van der Waals surface area (Å²) in [5.41, 5.74) is 2.39. The Morgan fingerprint density at radius 1 is 1.14 bits per heavy atom. The maximum absolute atomic E-state index is 6.53. The first-order valence-electron chi connectivity index (χ1n) is 9.83. The number of rotatable bonds is 6. The number of hydrogen-bond donors (Lipinski definition) is 0. The molecular weight excluding hydrogens is 374 g/mol. The number of piperidine rings is 1. The van der Waals surface area contributed by atoms with Crippen LogP contribution in [0.4, 0.5) is 0 Å². The van der Waals surface area contributed by atoms with Crippen LogP contribution in [-0.2, 0) is 37.5 Å². The lowest BCUT2D eigenvalue weighted by Crippen LogP contribution is -2.48. The topological polar surface area (TPSA) is 40.2 Å². The number of fused-ring (bicyclic) bond motifs is 2. The van der Waals surface area contributed by atoms with Crippen molar-refractivity contribution in [1.29, 1.82) is 0 Å². The summed E-state index contributed by atoms with van der Waals surface area (Å²) in [5, 5.41) is 0. The van der Waals surface area contributed by atoms with Crippen LogP contribution in [0.3, 0.4) is 0 Å². The zero-order valence-corrected chi connectivity index (χ0v) is 17.7. The summed E-state index contributed by atoms with van der Waals surface area (Å²) in [6.07, 6.45) is 2.20. The lowest BCUT2D eigenvalue weighted by molar-refractivity contribution is -0.226. The van der Waals surface area contributed by atoms with Gasteiger partial charge in [0, 0.05) is 52.3 Å². The maximum atomic E-state index is 6.53. The van der Waals surface area contributed by atoms with Crippen molar-refractivity contribution in [3.63, 3.8) is 0 Å². The van der Waals surface area contributed by atoms with Gasteiger partial charge in [-0.15, -0.1) is 11.3 Å². The van der Waals surface area contributed by atoms with Crippen molar-refractivity contribution in [3.05, 3.63) is 57.3 Å². The molecule has 0 aliphatic carbocycles. The molecule has 152 valence electrons. The van der Waals surface area contributed by atoms with Crippen LogP contribution >= 0.6 is 11.3 Å². The summed E-state index contributed by atoms with van der Waals surface area (Å²) in [7, 11) is 5.09. The Morgan fingerprint density at radius 3 is 2.50 bits per heavy atom. The van der Waals surface area contributed by atoms with Crippen LogP contribution in [0.25, 0.3) is 0 Å². The zero-order valence-electron chi connectivity index (χ0n) is 16.8. The molecule has 0 radical (unpaired) electrons. The average Bonchev–Trinajstić information content (AvgIpc) is 3.16. The first-order valence-corrected chi connectivity index (χ1v) is 10.6. The standard InChI is InChI=1S/C22H29NO4S/c1-24-20-14-18-17(13-19(28-18)21(25-2)26-3)22(27-20)9-11-23(12-10-22)15-16-7-5-4-6-8-16/h4-8,13,20-21H,9-12,14-15H2,1-3H3/t20-/m1/s1. The second kappa shape index (κ2) is 8.61. The van der Waals surface area contributed by atoms with Gasteiger partial charge in [-0.2, -0.15) is 0 Å². The van der Waals surface area contributed by atoms with Crippen molar-refractivity contribution in [2.45, 2.75) is 44.0 Å². The second-order valence-electron chi connectivity index (χ2n) is 7.53. The molecule has 3 heterocycles. The van der Waals surface area contributed by atoms with Gasteiger partial charge < -0.3 is 18.9 Å². The van der Waals surface area contributed by atoms with Gasteiger partial charge >= 0.3 is 0 Å². The van der Waals surface area contributed by atoms with Crippen molar-refractivity contribution in [2.75, 3.05) is 34.4 Å². The molecule has 2 aliphatic heterocycles. The molecule has 1 aromatic carbocycles. The molecule has 0 N–H and O–H groups in total. The highest BCUT2D eigenvalue weighted by molar-refractivity contribution is 7.12. The van der Waals surface area contributed by atoms with E-state index in [1.165, 1.54) is 16.0 Å². The molecule has 2 aromatic rings. The van der Waals surface area contributed by atoms with Gasteiger partial charge in [0.25, 0.3) is 0 Å². The number of thiophene rings is 1. The van der Waals surface area contributed by atoms with Crippen molar-refractivity contribution in [1.82, 2.24) is 4.90 Å². The Morgan fingerprint density at radius 2 is 1.86 bits per heavy atom. The van der Waals surface area contributed by atoms with Crippen LogP contribution < -0.4 is 0 Å². The highest BCUT2D eigenvalue weighted by Crippen LogP contribution is 2.47. The van der Waals surface area contributed by atoms with Crippen LogP contribution in [0.2, 0.25) is 0 Å². The van der Waals surface area contributed by atoms with Gasteiger partial charge in [0.15, 0.2) is 12.6 Å². The quantitative estimate of drug-likeness (QED) is 0.680. The molecule has 2 aliphatic rings. The molecule has 1 spiro atoms. The van der Waals surface area contributed by atoms with Crippen molar-refractivity contribution >= 4 is 11.3 Å². The van der Waals surface area contributed by atoms with E-state index in [2.05, 4.69) is 41.3 Å². The minimum atomic E-state index is -0.327. The molecule has 0 saturated carbocycles. The number of nitrogens with zero attached hydrogens (tertiary/aromatic N) is 1. The Hall–Kier alpha value is -1.28. The van der Waals surface area contributed by atoms with Crippen LogP contribution in [0.15, 0.2) is 36.4 Å². The van der Waals surface area contributed by atoms with E-state index in [-0.39, 0.29) is 18.2 Å². The van der Waals surface area contributed by atoms with Crippen LogP contribution in [0.1, 0.15) is 40.0 Å². The fraction of sp³-hybridized carbons (Fsp3) is 0.545. The van der Waals surface area contributed by atoms with Gasteiger partial charge in [-0.3, -0.25) is 4.90 Å². The highest BCUT2D eigenvalue weighted by atomic mass is 32.1. The maximum Gasteiger partial charge on any atom is 0.192 e. The van der Waals surface area contributed by atoms with E-state index in [9.17, 15) is 0 Å². The number of benzene rings is 1. The number of ether oxygens (including phenoxy) is 4. The summed E-state index contributed by atoms with van der Waals surface area (Å²) in [6.45, 7) is 3.00. The van der Waals surface area contributed by atoms with Gasteiger partial charge in [-0.05, 0) is 30.0 Å². The Labute approximate surface area is 171 Å². The zero-order chi connectivity index (χ0) is 19.6. The molecule has 28 heavy (non-hydrogen) atoms. The third-order valence-electron chi connectivity index (χ3n) is 5.86. The molecule has 1 aromatic heterocycles. The van der Waals surface area contributed by atoms with Crippen LogP contribution in [-0.4, -0.2) is 45.6 Å². The van der Waals surface area contributed by atoms with Crippen LogP contribution in [0.5, 0.6) is 0 Å². The van der Waals surface area contributed by atoms with Gasteiger partial charge in [0.1, 0.15) is 0 Å². The molecule has 1 saturated heterocycles. The third-order valence-corrected chi connectivity index (χ3v) is 7.04. The van der Waals surface area contributed by atoms with E-state index in [0.717, 1.165) is 43.8 Å². The predicted octanol–water partition coefficient (Wildman–Crippen LogP) is 4.08. The van der Waals surface area contributed by atoms with E-state index in [4.69, 9.17) is 18.9 Å². The molecule has 1 atom stereocenters. The first-order chi connectivity index (χ1) is 13.7. The summed E-state index contributed by atoms with van der Waals surface area (Å²) in [6, 6.07) is 12.9. The Kier molecular flexibility index (Phi) is 6.16. The summed E-state index contributed by atoms with van der Waals surface area (Å²) >= 11 is 1.76. The average molecular weight is 404 g/mol. The number of hydrogen-bond acceptors (Lipinski definition) is 6. The first kappa shape index (κ1) is 20.0. The summed E-state index contributed by atoms with van der Waals surface area (Å²) in [4.78, 5) is 4.95. The Bertz CT molecular complexity index is 766. The molecule has 6 heteroatoms. The van der Waals surface area contributed by atoms with E-state index in [1.807, 2.05) is 0 Å². The van der Waals surface area contributed by atoms with E-state index in [0.29, 0.717) is 0 Å². The lowest BCUT2D eigenvalue weighted by Gasteiger charge is -2.46. The fourth-order valence-corrected chi connectivity index (χ4v) is 5.70. The largest absolute Gasteiger partial charge is 0.355 e. The molecular formula is C22H29NO4S. The number of methoxy groups -OCH3 is 3. The summed E-state index contributed by atoms with van der Waals surface area (Å²) in [5.74, 6) is 0. The van der Waals surface area contributed by atoms with E-state index < -0.39 is 0 Å². The third kappa shape index (κ3) is 3.90. The minimum absolute atomic E-state index is 0.191. The minimum Gasteiger partial charge on any atom is -0.355 e. The molecule has 0 unspecified atom stereocenters. The van der Waals surface area contributed by atoms with Gasteiger partial charge in [0.05, 0.1) is 10.5 Å². The molecule has 0 amide bonds. The van der Waals surface area contributed by atoms with E-state index in [1.54, 1.807) is 32.7 Å². The van der Waals surface area contributed by atoms with Crippen molar-refractivity contribution in [3.8, 4) is 0 Å². The normalized spacial score (nSPS) is 21.9. The molecule has 1 fully saturated rings. The van der Waals surface area contributed by atoms with Gasteiger partial charge in [-0.25, -0.2) is 0 Å². The van der Waals surface area contributed by atoms with E-state index >= 15 is 0 Å². The SMILES string of the molecule is COC(OC)c1cc2c(s1)C[C@H](OC)OC21CCN(Cc2ccccc2)CC1. The fourth-order valence-electron chi connectivity index (χ4n) is 4.37. The molecule has 0 bridgehead atoms. The van der Waals surface area contributed by atoms with Crippen LogP contribution in [0, 0.1) is 0 Å². The Balaban J connectivity index is 1.54.